The number of rotatable bonds is 5. The minimum Gasteiger partial charge on any atom is -0.348 e. The van der Waals surface area contributed by atoms with E-state index < -0.39 is 11.7 Å². The van der Waals surface area contributed by atoms with Crippen molar-refractivity contribution in [3.63, 3.8) is 0 Å². The summed E-state index contributed by atoms with van der Waals surface area (Å²) in [5, 5.41) is 5.05. The van der Waals surface area contributed by atoms with Gasteiger partial charge < -0.3 is 10.2 Å². The van der Waals surface area contributed by atoms with E-state index in [1.54, 1.807) is 29.5 Å². The van der Waals surface area contributed by atoms with Gasteiger partial charge in [-0.2, -0.15) is 0 Å². The highest BCUT2D eigenvalue weighted by molar-refractivity contribution is 7.10. The Morgan fingerprint density at radius 1 is 1.28 bits per heavy atom. The first-order chi connectivity index (χ1) is 12.0. The Bertz CT molecular complexity index is 761. The van der Waals surface area contributed by atoms with Crippen LogP contribution in [0.25, 0.3) is 0 Å². The lowest BCUT2D eigenvalue weighted by Crippen LogP contribution is -2.37. The lowest BCUT2D eigenvalue weighted by molar-refractivity contribution is -0.127. The van der Waals surface area contributed by atoms with Gasteiger partial charge in [-0.15, -0.1) is 11.3 Å². The molecule has 132 valence electrons. The lowest BCUT2D eigenvalue weighted by Gasteiger charge is -2.23. The quantitative estimate of drug-likeness (QED) is 0.883. The number of nitrogens with one attached hydrogen (secondary N) is 1. The van der Waals surface area contributed by atoms with Crippen LogP contribution in [0.15, 0.2) is 41.8 Å². The molecule has 6 heteroatoms. The van der Waals surface area contributed by atoms with Crippen molar-refractivity contribution in [2.45, 2.75) is 26.3 Å². The van der Waals surface area contributed by atoms with E-state index in [1.807, 2.05) is 17.5 Å². The summed E-state index contributed by atoms with van der Waals surface area (Å²) in [6, 6.07) is 10.0. The number of benzene rings is 1. The van der Waals surface area contributed by atoms with Crippen molar-refractivity contribution in [3.8, 4) is 0 Å². The molecule has 4 nitrogen and oxygen atoms in total. The second kappa shape index (κ2) is 7.35. The first-order valence-corrected chi connectivity index (χ1v) is 9.24. The van der Waals surface area contributed by atoms with Crippen LogP contribution in [-0.4, -0.2) is 18.4 Å². The summed E-state index contributed by atoms with van der Waals surface area (Å²) in [4.78, 5) is 27.4. The number of anilines is 1. The van der Waals surface area contributed by atoms with Gasteiger partial charge in [-0.1, -0.05) is 32.0 Å². The van der Waals surface area contributed by atoms with Gasteiger partial charge in [-0.3, -0.25) is 9.59 Å². The maximum absolute atomic E-state index is 14.0. The molecule has 2 atom stereocenters. The summed E-state index contributed by atoms with van der Waals surface area (Å²) < 4.78 is 14.0. The minimum absolute atomic E-state index is 0.0786. The van der Waals surface area contributed by atoms with Crippen LogP contribution in [0, 0.1) is 17.7 Å². The summed E-state index contributed by atoms with van der Waals surface area (Å²) in [5.41, 5.74) is 0.237. The first-order valence-electron chi connectivity index (χ1n) is 8.36. The van der Waals surface area contributed by atoms with Gasteiger partial charge in [0, 0.05) is 17.8 Å². The molecule has 0 radical (unpaired) electrons. The maximum Gasteiger partial charge on any atom is 0.227 e. The number of halogens is 1. The molecule has 1 aliphatic heterocycles. The topological polar surface area (TPSA) is 49.4 Å². The highest BCUT2D eigenvalue weighted by Gasteiger charge is 2.37. The molecule has 0 spiro atoms. The predicted octanol–water partition coefficient (Wildman–Crippen LogP) is 3.75. The van der Waals surface area contributed by atoms with Crippen LogP contribution in [0.1, 0.15) is 31.2 Å². The normalized spacial score (nSPS) is 18.6. The van der Waals surface area contributed by atoms with Crippen LogP contribution in [0.5, 0.6) is 0 Å². The van der Waals surface area contributed by atoms with Crippen LogP contribution in [0.3, 0.4) is 0 Å². The molecule has 1 fully saturated rings. The fourth-order valence-corrected chi connectivity index (χ4v) is 4.04. The standard InChI is InChI=1S/C19H21FN2O2S/c1-12(2)18(16-8-5-9-25-16)21-19(24)13-10-17(23)22(11-13)15-7-4-3-6-14(15)20/h3-9,12-13,18H,10-11H2,1-2H3,(H,21,24). The number of para-hydroxylation sites is 1. The number of hydrogen-bond acceptors (Lipinski definition) is 3. The number of carbonyl (C=O) groups is 2. The van der Waals surface area contributed by atoms with Crippen molar-refractivity contribution in [1.29, 1.82) is 0 Å². The minimum atomic E-state index is -0.465. The van der Waals surface area contributed by atoms with Gasteiger partial charge in [0.2, 0.25) is 11.8 Å². The van der Waals surface area contributed by atoms with Crippen LogP contribution in [0.4, 0.5) is 10.1 Å². The zero-order chi connectivity index (χ0) is 18.0. The predicted molar refractivity (Wildman–Crippen MR) is 96.9 cm³/mol. The molecule has 0 saturated carbocycles. The fraction of sp³-hybridized carbons (Fsp3) is 0.368. The SMILES string of the molecule is CC(C)C(NC(=O)C1CC(=O)N(c2ccccc2F)C1)c1cccs1. The van der Waals surface area contributed by atoms with E-state index in [9.17, 15) is 14.0 Å². The summed E-state index contributed by atoms with van der Waals surface area (Å²) >= 11 is 1.60. The molecule has 0 bridgehead atoms. The Morgan fingerprint density at radius 3 is 2.68 bits per heavy atom. The average molecular weight is 360 g/mol. The number of amides is 2. The Labute approximate surface area is 150 Å². The summed E-state index contributed by atoms with van der Waals surface area (Å²) in [6.07, 6.45) is 0.107. The molecule has 1 aromatic carbocycles. The zero-order valence-electron chi connectivity index (χ0n) is 14.2. The summed E-state index contributed by atoms with van der Waals surface area (Å²) in [5.74, 6) is -1.05. The number of carbonyl (C=O) groups excluding carboxylic acids is 2. The first kappa shape index (κ1) is 17.6. The van der Waals surface area contributed by atoms with Gasteiger partial charge in [-0.05, 0) is 29.5 Å². The molecular formula is C19H21FN2O2S. The number of hydrogen-bond donors (Lipinski definition) is 1. The molecule has 2 aromatic rings. The second-order valence-corrected chi connectivity index (χ2v) is 7.58. The van der Waals surface area contributed by atoms with Gasteiger partial charge in [0.05, 0.1) is 17.6 Å². The van der Waals surface area contributed by atoms with Gasteiger partial charge in [0.25, 0.3) is 0 Å². The zero-order valence-corrected chi connectivity index (χ0v) is 15.1. The molecule has 1 aromatic heterocycles. The van der Waals surface area contributed by atoms with Crippen LogP contribution in [-0.2, 0) is 9.59 Å². The van der Waals surface area contributed by atoms with Crippen molar-refractivity contribution in [2.24, 2.45) is 11.8 Å². The Balaban J connectivity index is 1.71. The van der Waals surface area contributed by atoms with E-state index in [-0.39, 0.29) is 42.4 Å². The van der Waals surface area contributed by atoms with Crippen molar-refractivity contribution in [1.82, 2.24) is 5.32 Å². The third-order valence-corrected chi connectivity index (χ3v) is 5.41. The molecule has 1 saturated heterocycles. The molecule has 2 heterocycles. The van der Waals surface area contributed by atoms with Gasteiger partial charge in [0.15, 0.2) is 0 Å². The molecule has 2 unspecified atom stereocenters. The van der Waals surface area contributed by atoms with Gasteiger partial charge in [-0.25, -0.2) is 4.39 Å². The van der Waals surface area contributed by atoms with Crippen molar-refractivity contribution in [2.75, 3.05) is 11.4 Å². The third kappa shape index (κ3) is 3.74. The molecule has 1 N–H and O–H groups in total. The number of thiophene rings is 1. The molecule has 3 rings (SSSR count). The van der Waals surface area contributed by atoms with Crippen LogP contribution >= 0.6 is 11.3 Å². The van der Waals surface area contributed by atoms with Gasteiger partial charge >= 0.3 is 0 Å². The Hall–Kier alpha value is -2.21. The molecule has 25 heavy (non-hydrogen) atoms. The van der Waals surface area contributed by atoms with Crippen LogP contribution < -0.4 is 10.2 Å². The molecule has 1 aliphatic rings. The van der Waals surface area contributed by atoms with E-state index in [0.29, 0.717) is 0 Å². The van der Waals surface area contributed by atoms with Crippen molar-refractivity contribution >= 4 is 28.8 Å². The fourth-order valence-electron chi connectivity index (χ4n) is 3.09. The molecule has 0 aliphatic carbocycles. The highest BCUT2D eigenvalue weighted by Crippen LogP contribution is 2.30. The van der Waals surface area contributed by atoms with E-state index in [2.05, 4.69) is 19.2 Å². The Morgan fingerprint density at radius 2 is 2.04 bits per heavy atom. The molecular weight excluding hydrogens is 339 g/mol. The highest BCUT2D eigenvalue weighted by atomic mass is 32.1. The Kier molecular flexibility index (Phi) is 5.18. The second-order valence-electron chi connectivity index (χ2n) is 6.60. The summed E-state index contributed by atoms with van der Waals surface area (Å²) in [7, 11) is 0. The molecule has 2 amide bonds. The average Bonchev–Trinajstić information content (AvgIpc) is 3.22. The largest absolute Gasteiger partial charge is 0.348 e. The van der Waals surface area contributed by atoms with E-state index in [1.165, 1.54) is 11.0 Å². The third-order valence-electron chi connectivity index (χ3n) is 4.45. The van der Waals surface area contributed by atoms with Crippen molar-refractivity contribution in [3.05, 3.63) is 52.5 Å². The number of nitrogens with zero attached hydrogens (tertiary/aromatic N) is 1. The van der Waals surface area contributed by atoms with E-state index >= 15 is 0 Å². The summed E-state index contributed by atoms with van der Waals surface area (Å²) in [6.45, 7) is 4.31. The lowest BCUT2D eigenvalue weighted by atomic mass is 10.0. The van der Waals surface area contributed by atoms with E-state index in [0.717, 1.165) is 4.88 Å². The van der Waals surface area contributed by atoms with E-state index in [4.69, 9.17) is 0 Å². The maximum atomic E-state index is 14.0. The monoisotopic (exact) mass is 360 g/mol. The van der Waals surface area contributed by atoms with Crippen molar-refractivity contribution < 1.29 is 14.0 Å². The van der Waals surface area contributed by atoms with Crippen LogP contribution in [0.2, 0.25) is 0 Å². The smallest absolute Gasteiger partial charge is 0.227 e. The van der Waals surface area contributed by atoms with Gasteiger partial charge in [0.1, 0.15) is 5.82 Å².